The van der Waals surface area contributed by atoms with Gasteiger partial charge in [-0.05, 0) is 13.0 Å². The van der Waals surface area contributed by atoms with Crippen LogP contribution in [0.3, 0.4) is 0 Å². The van der Waals surface area contributed by atoms with Crippen molar-refractivity contribution in [2.24, 2.45) is 5.73 Å². The molecule has 0 aromatic carbocycles. The predicted octanol–water partition coefficient (Wildman–Crippen LogP) is 0.314. The monoisotopic (exact) mass is 292 g/mol. The molecule has 0 amide bonds. The Bertz CT molecular complexity index is 668. The molecule has 7 heteroatoms. The summed E-state index contributed by atoms with van der Waals surface area (Å²) in [5.74, 6) is 5.38. The molecule has 1 heterocycles. The minimum atomic E-state index is -3.69. The number of aromatic nitrogens is 1. The van der Waals surface area contributed by atoms with Crippen LogP contribution >= 0.6 is 0 Å². The first kappa shape index (κ1) is 16.1. The highest BCUT2D eigenvalue weighted by atomic mass is 32.2. The first-order valence-corrected chi connectivity index (χ1v) is 7.36. The van der Waals surface area contributed by atoms with Gasteiger partial charge in [-0.2, -0.15) is 9.57 Å². The Morgan fingerprint density at radius 1 is 1.50 bits per heavy atom. The number of nitrogens with two attached hydrogens (primary N) is 1. The summed E-state index contributed by atoms with van der Waals surface area (Å²) < 4.78 is 25.9. The highest BCUT2D eigenvalue weighted by Crippen LogP contribution is 2.17. The van der Waals surface area contributed by atoms with E-state index in [9.17, 15) is 8.42 Å². The molecule has 1 rings (SSSR count). The van der Waals surface area contributed by atoms with Crippen LogP contribution in [0.2, 0.25) is 0 Å². The van der Waals surface area contributed by atoms with E-state index in [1.54, 1.807) is 6.92 Å². The van der Waals surface area contributed by atoms with E-state index in [-0.39, 0.29) is 17.9 Å². The lowest BCUT2D eigenvalue weighted by Crippen LogP contribution is -2.34. The van der Waals surface area contributed by atoms with Gasteiger partial charge >= 0.3 is 0 Å². The fraction of sp³-hybridized carbons (Fsp3) is 0.385. The van der Waals surface area contributed by atoms with Crippen LogP contribution in [0.5, 0.6) is 0 Å². The van der Waals surface area contributed by atoms with Crippen LogP contribution in [0, 0.1) is 23.2 Å². The molecule has 20 heavy (non-hydrogen) atoms. The van der Waals surface area contributed by atoms with Crippen LogP contribution in [-0.4, -0.2) is 37.3 Å². The maximum Gasteiger partial charge on any atom is 0.244 e. The molecule has 2 N–H and O–H groups in total. The van der Waals surface area contributed by atoms with E-state index in [0.717, 1.165) is 4.31 Å². The molecule has 106 valence electrons. The second kappa shape index (κ2) is 7.01. The number of sulfonamides is 1. The third kappa shape index (κ3) is 3.78. The second-order valence-electron chi connectivity index (χ2n) is 4.15. The first-order chi connectivity index (χ1) is 9.43. The van der Waals surface area contributed by atoms with Gasteiger partial charge in [0, 0.05) is 31.0 Å². The van der Waals surface area contributed by atoms with Gasteiger partial charge in [0.2, 0.25) is 10.0 Å². The predicted molar refractivity (Wildman–Crippen MR) is 74.8 cm³/mol. The molecule has 0 fully saturated rings. The normalized spacial score (nSPS) is 12.3. The van der Waals surface area contributed by atoms with Crippen LogP contribution < -0.4 is 5.73 Å². The molecule has 0 aliphatic carbocycles. The number of rotatable bonds is 4. The van der Waals surface area contributed by atoms with Gasteiger partial charge in [0.05, 0.1) is 19.0 Å². The fourth-order valence-electron chi connectivity index (χ4n) is 1.45. The van der Waals surface area contributed by atoms with Gasteiger partial charge in [0.25, 0.3) is 0 Å². The summed E-state index contributed by atoms with van der Waals surface area (Å²) in [6, 6.07) is 2.99. The quantitative estimate of drug-likeness (QED) is 0.805. The van der Waals surface area contributed by atoms with Crippen molar-refractivity contribution in [1.29, 1.82) is 5.26 Å². The van der Waals surface area contributed by atoms with Gasteiger partial charge in [-0.1, -0.05) is 11.8 Å². The van der Waals surface area contributed by atoms with E-state index in [1.807, 2.05) is 6.07 Å². The van der Waals surface area contributed by atoms with Gasteiger partial charge in [0.1, 0.15) is 4.90 Å². The maximum atomic E-state index is 12.4. The van der Waals surface area contributed by atoms with Gasteiger partial charge in [-0.25, -0.2) is 8.42 Å². The molecule has 0 spiro atoms. The zero-order valence-corrected chi connectivity index (χ0v) is 12.2. The molecule has 0 saturated carbocycles. The van der Waals surface area contributed by atoms with Crippen LogP contribution in [0.1, 0.15) is 18.9 Å². The standard InChI is InChI=1S/C13H16N4O2S/c1-11(5-7-15)17(2)20(18,19)13-8-12(4-3-6-14)9-16-10-13/h8-11H,5-6,14H2,1-2H3. The minimum Gasteiger partial charge on any atom is -0.320 e. The van der Waals surface area contributed by atoms with Crippen molar-refractivity contribution in [2.45, 2.75) is 24.3 Å². The molecule has 1 unspecified atom stereocenters. The largest absolute Gasteiger partial charge is 0.320 e. The smallest absolute Gasteiger partial charge is 0.244 e. The maximum absolute atomic E-state index is 12.4. The summed E-state index contributed by atoms with van der Waals surface area (Å²) in [6.07, 6.45) is 2.86. The SMILES string of the molecule is CC(CC#N)N(C)S(=O)(=O)c1cncc(C#CCN)c1. The third-order valence-corrected chi connectivity index (χ3v) is 4.67. The molecule has 0 radical (unpaired) electrons. The van der Waals surface area contributed by atoms with Crippen LogP contribution in [0.15, 0.2) is 23.4 Å². The highest BCUT2D eigenvalue weighted by molar-refractivity contribution is 7.89. The summed E-state index contributed by atoms with van der Waals surface area (Å²) in [4.78, 5) is 3.93. The third-order valence-electron chi connectivity index (χ3n) is 2.73. The molecule has 1 aromatic heterocycles. The van der Waals surface area contributed by atoms with E-state index in [2.05, 4.69) is 16.8 Å². The molecule has 0 aliphatic heterocycles. The van der Waals surface area contributed by atoms with Gasteiger partial charge < -0.3 is 5.73 Å². The molecular weight excluding hydrogens is 276 g/mol. The lowest BCUT2D eigenvalue weighted by atomic mass is 10.3. The number of hydrogen-bond donors (Lipinski definition) is 1. The van der Waals surface area contributed by atoms with Crippen molar-refractivity contribution in [1.82, 2.24) is 9.29 Å². The Hall–Kier alpha value is -1.93. The molecule has 6 nitrogen and oxygen atoms in total. The average molecular weight is 292 g/mol. The fourth-order valence-corrected chi connectivity index (χ4v) is 2.80. The second-order valence-corrected chi connectivity index (χ2v) is 6.15. The lowest BCUT2D eigenvalue weighted by molar-refractivity contribution is 0.393. The number of nitriles is 1. The van der Waals surface area contributed by atoms with Crippen molar-refractivity contribution in [3.05, 3.63) is 24.0 Å². The Labute approximate surface area is 119 Å². The van der Waals surface area contributed by atoms with E-state index in [4.69, 9.17) is 11.0 Å². The van der Waals surface area contributed by atoms with E-state index >= 15 is 0 Å². The van der Waals surface area contributed by atoms with Crippen LogP contribution in [0.4, 0.5) is 0 Å². The Morgan fingerprint density at radius 2 is 2.20 bits per heavy atom. The van der Waals surface area contributed by atoms with E-state index in [1.165, 1.54) is 25.5 Å². The Morgan fingerprint density at radius 3 is 2.80 bits per heavy atom. The summed E-state index contributed by atoms with van der Waals surface area (Å²) in [6.45, 7) is 1.86. The topological polar surface area (TPSA) is 100 Å². The Balaban J connectivity index is 3.13. The summed E-state index contributed by atoms with van der Waals surface area (Å²) >= 11 is 0. The zero-order valence-electron chi connectivity index (χ0n) is 11.4. The number of pyridine rings is 1. The minimum absolute atomic E-state index is 0.0496. The van der Waals surface area contributed by atoms with E-state index < -0.39 is 16.1 Å². The molecule has 0 bridgehead atoms. The van der Waals surface area contributed by atoms with E-state index in [0.29, 0.717) is 5.56 Å². The van der Waals surface area contributed by atoms with Crippen molar-refractivity contribution in [2.75, 3.05) is 13.6 Å². The number of nitrogens with zero attached hydrogens (tertiary/aromatic N) is 3. The molecule has 0 saturated heterocycles. The van der Waals surface area contributed by atoms with Crippen molar-refractivity contribution >= 4 is 10.0 Å². The lowest BCUT2D eigenvalue weighted by Gasteiger charge is -2.22. The highest BCUT2D eigenvalue weighted by Gasteiger charge is 2.25. The molecular formula is C13H16N4O2S. The summed E-state index contributed by atoms with van der Waals surface area (Å²) in [5.41, 5.74) is 5.75. The Kier molecular flexibility index (Phi) is 5.66. The summed E-state index contributed by atoms with van der Waals surface area (Å²) in [7, 11) is -2.25. The van der Waals surface area contributed by atoms with Crippen molar-refractivity contribution in [3.63, 3.8) is 0 Å². The number of hydrogen-bond acceptors (Lipinski definition) is 5. The average Bonchev–Trinajstić information content (AvgIpc) is 2.44. The zero-order chi connectivity index (χ0) is 15.2. The molecule has 1 atom stereocenters. The van der Waals surface area contributed by atoms with Gasteiger partial charge in [-0.15, -0.1) is 0 Å². The summed E-state index contributed by atoms with van der Waals surface area (Å²) in [5, 5.41) is 8.65. The molecule has 0 aliphatic rings. The van der Waals surface area contributed by atoms with Crippen molar-refractivity contribution in [3.8, 4) is 17.9 Å². The first-order valence-electron chi connectivity index (χ1n) is 5.92. The van der Waals surface area contributed by atoms with Crippen LogP contribution in [-0.2, 0) is 10.0 Å². The van der Waals surface area contributed by atoms with Crippen molar-refractivity contribution < 1.29 is 8.42 Å². The van der Waals surface area contributed by atoms with Gasteiger partial charge in [0.15, 0.2) is 0 Å². The van der Waals surface area contributed by atoms with Crippen LogP contribution in [0.25, 0.3) is 0 Å². The molecule has 1 aromatic rings. The van der Waals surface area contributed by atoms with Gasteiger partial charge in [-0.3, -0.25) is 4.98 Å².